The maximum Gasteiger partial charge on any atom is 0.302 e. The Kier molecular flexibility index (Phi) is 7.41. The molecule has 1 aromatic heterocycles. The van der Waals surface area contributed by atoms with Crippen LogP contribution in [0.1, 0.15) is 12.0 Å². The van der Waals surface area contributed by atoms with Crippen LogP contribution in [0.15, 0.2) is 29.4 Å². The summed E-state index contributed by atoms with van der Waals surface area (Å²) in [5, 5.41) is 18.4. The molecule has 1 atom stereocenters. The first-order chi connectivity index (χ1) is 14.3. The van der Waals surface area contributed by atoms with Gasteiger partial charge in [0.05, 0.1) is 6.61 Å². The molecule has 0 aliphatic carbocycles. The first-order valence-electron chi connectivity index (χ1n) is 8.93. The molecule has 1 aliphatic rings. The zero-order chi connectivity index (χ0) is 21.7. The van der Waals surface area contributed by atoms with E-state index in [0.717, 1.165) is 24.2 Å². The second-order valence-electron chi connectivity index (χ2n) is 6.38. The van der Waals surface area contributed by atoms with Crippen molar-refractivity contribution in [2.75, 3.05) is 31.0 Å². The van der Waals surface area contributed by atoms with Gasteiger partial charge in [-0.15, -0.1) is 0 Å². The van der Waals surface area contributed by atoms with Crippen LogP contribution in [-0.4, -0.2) is 65.3 Å². The Morgan fingerprint density at radius 2 is 2.07 bits per heavy atom. The van der Waals surface area contributed by atoms with Gasteiger partial charge >= 0.3 is 10.2 Å². The minimum absolute atomic E-state index is 0.00930. The third-order valence-corrected chi connectivity index (χ3v) is 6.50. The average molecular weight is 463 g/mol. The van der Waals surface area contributed by atoms with E-state index in [2.05, 4.69) is 14.7 Å². The van der Waals surface area contributed by atoms with Crippen molar-refractivity contribution in [3.05, 3.63) is 41.5 Å². The fraction of sp³-hybridized carbons (Fsp3) is 0.412. The number of rotatable bonds is 10. The molecule has 2 aromatic rings. The molecule has 1 aromatic carbocycles. The van der Waals surface area contributed by atoms with E-state index in [4.69, 9.17) is 9.84 Å². The van der Waals surface area contributed by atoms with Crippen LogP contribution in [-0.2, 0) is 16.0 Å². The highest BCUT2D eigenvalue weighted by Crippen LogP contribution is 2.26. The Morgan fingerprint density at radius 3 is 2.73 bits per heavy atom. The Balaban J connectivity index is 1.80. The molecule has 0 unspecified atom stereocenters. The van der Waals surface area contributed by atoms with Gasteiger partial charge in [-0.05, 0) is 12.5 Å². The number of nitrogens with one attached hydrogen (secondary N) is 1. The zero-order valence-electron chi connectivity index (χ0n) is 15.7. The molecule has 0 saturated carbocycles. The normalized spacial score (nSPS) is 15.5. The van der Waals surface area contributed by atoms with Crippen molar-refractivity contribution in [2.24, 2.45) is 0 Å². The molecule has 164 valence electrons. The highest BCUT2D eigenvalue weighted by atomic mass is 32.2. The minimum atomic E-state index is -3.80. The van der Waals surface area contributed by atoms with E-state index < -0.39 is 34.6 Å². The molecule has 0 bridgehead atoms. The summed E-state index contributed by atoms with van der Waals surface area (Å²) in [7, 11) is -3.80. The highest BCUT2D eigenvalue weighted by Gasteiger charge is 2.28. The summed E-state index contributed by atoms with van der Waals surface area (Å²) in [4.78, 5) is 8.19. The summed E-state index contributed by atoms with van der Waals surface area (Å²) in [6.45, 7) is -0.0196. The number of aliphatic hydroxyl groups excluding tert-OH is 2. The van der Waals surface area contributed by atoms with Crippen molar-refractivity contribution in [1.29, 1.82) is 0 Å². The zero-order valence-corrected chi connectivity index (χ0v) is 17.3. The molecule has 13 heteroatoms. The number of hydrogen-bond acceptors (Lipinski definition) is 8. The van der Waals surface area contributed by atoms with Gasteiger partial charge in [0.25, 0.3) is 0 Å². The highest BCUT2D eigenvalue weighted by molar-refractivity contribution is 7.98. The molecule has 0 radical (unpaired) electrons. The van der Waals surface area contributed by atoms with Crippen molar-refractivity contribution in [1.82, 2.24) is 14.3 Å². The maximum atomic E-state index is 13.9. The van der Waals surface area contributed by atoms with Crippen LogP contribution in [0, 0.1) is 11.6 Å². The molecule has 1 aliphatic heterocycles. The van der Waals surface area contributed by atoms with Crippen molar-refractivity contribution in [3.8, 4) is 5.88 Å². The SMILES string of the molecule is O=S(=O)(Nc1cc(OC[C@@H](O)CO)nc(SCc2cccc(F)c2F)n1)N1CCC1. The van der Waals surface area contributed by atoms with E-state index in [1.165, 1.54) is 22.5 Å². The third-order valence-electron chi connectivity index (χ3n) is 4.09. The molecule has 1 fully saturated rings. The van der Waals surface area contributed by atoms with Crippen molar-refractivity contribution in [3.63, 3.8) is 0 Å². The predicted molar refractivity (Wildman–Crippen MR) is 105 cm³/mol. The second-order valence-corrected chi connectivity index (χ2v) is 9.00. The number of anilines is 1. The predicted octanol–water partition coefficient (Wildman–Crippen LogP) is 1.14. The number of nitrogens with zero attached hydrogens (tertiary/aromatic N) is 3. The quantitative estimate of drug-likeness (QED) is 0.355. The number of aromatic nitrogens is 2. The van der Waals surface area contributed by atoms with Crippen LogP contribution in [0.2, 0.25) is 0 Å². The van der Waals surface area contributed by atoms with Gasteiger partial charge in [0.1, 0.15) is 18.5 Å². The van der Waals surface area contributed by atoms with Crippen molar-refractivity contribution >= 4 is 27.8 Å². The molecule has 9 nitrogen and oxygen atoms in total. The van der Waals surface area contributed by atoms with Gasteiger partial charge in [0, 0.05) is 30.5 Å². The molecule has 0 amide bonds. The number of hydrogen-bond donors (Lipinski definition) is 3. The lowest BCUT2D eigenvalue weighted by molar-refractivity contribution is 0.0518. The maximum absolute atomic E-state index is 13.9. The number of thioether (sulfide) groups is 1. The van der Waals surface area contributed by atoms with Crippen LogP contribution in [0.4, 0.5) is 14.6 Å². The third kappa shape index (κ3) is 5.76. The van der Waals surface area contributed by atoms with Crippen LogP contribution in [0.25, 0.3) is 0 Å². The summed E-state index contributed by atoms with van der Waals surface area (Å²) in [5.41, 5.74) is 0.0910. The minimum Gasteiger partial charge on any atom is -0.475 e. The largest absolute Gasteiger partial charge is 0.475 e. The summed E-state index contributed by atoms with van der Waals surface area (Å²) in [6.07, 6.45) is -0.392. The Morgan fingerprint density at radius 1 is 1.30 bits per heavy atom. The number of halogens is 2. The topological polar surface area (TPSA) is 125 Å². The first-order valence-corrected chi connectivity index (χ1v) is 11.4. The molecule has 0 spiro atoms. The van der Waals surface area contributed by atoms with Crippen molar-refractivity contribution in [2.45, 2.75) is 23.4 Å². The van der Waals surface area contributed by atoms with Crippen LogP contribution < -0.4 is 9.46 Å². The fourth-order valence-corrected chi connectivity index (χ4v) is 4.42. The van der Waals surface area contributed by atoms with Gasteiger partial charge in [0.2, 0.25) is 5.88 Å². The lowest BCUT2D eigenvalue weighted by Gasteiger charge is -2.29. The molecular weight excluding hydrogens is 442 g/mol. The van der Waals surface area contributed by atoms with Crippen LogP contribution in [0.5, 0.6) is 5.88 Å². The van der Waals surface area contributed by atoms with E-state index in [-0.39, 0.29) is 34.8 Å². The Hall–Kier alpha value is -2.06. The first kappa shape index (κ1) is 22.6. The van der Waals surface area contributed by atoms with Gasteiger partial charge in [-0.3, -0.25) is 4.72 Å². The monoisotopic (exact) mass is 462 g/mol. The van der Waals surface area contributed by atoms with E-state index in [0.29, 0.717) is 13.1 Å². The lowest BCUT2D eigenvalue weighted by Crippen LogP contribution is -2.45. The number of aliphatic hydroxyl groups is 2. The van der Waals surface area contributed by atoms with Gasteiger partial charge < -0.3 is 14.9 Å². The summed E-state index contributed by atoms with van der Waals surface area (Å²) in [5.74, 6) is -2.10. The van der Waals surface area contributed by atoms with E-state index in [9.17, 15) is 22.3 Å². The fourth-order valence-electron chi connectivity index (χ4n) is 2.36. The Bertz CT molecular complexity index is 992. The molecule has 3 rings (SSSR count). The smallest absolute Gasteiger partial charge is 0.302 e. The van der Waals surface area contributed by atoms with E-state index in [1.54, 1.807) is 0 Å². The summed E-state index contributed by atoms with van der Waals surface area (Å²) in [6, 6.07) is 5.02. The lowest BCUT2D eigenvalue weighted by atomic mass is 10.2. The molecule has 3 N–H and O–H groups in total. The molecular formula is C17H20F2N4O5S2. The van der Waals surface area contributed by atoms with E-state index >= 15 is 0 Å². The van der Waals surface area contributed by atoms with Crippen LogP contribution >= 0.6 is 11.8 Å². The number of benzene rings is 1. The standard InChI is InChI=1S/C17H20F2N4O5S2/c18-13-4-1-3-11(16(13)19)10-29-17-20-14(22-30(26,27)23-5-2-6-23)7-15(21-17)28-9-12(25)8-24/h1,3-4,7,12,24-25H,2,5-6,8-10H2,(H,20,21,22)/t12-/m0/s1. The van der Waals surface area contributed by atoms with E-state index in [1.807, 2.05) is 0 Å². The second kappa shape index (κ2) is 9.83. The molecule has 30 heavy (non-hydrogen) atoms. The molecule has 1 saturated heterocycles. The van der Waals surface area contributed by atoms with Gasteiger partial charge in [0.15, 0.2) is 16.8 Å². The van der Waals surface area contributed by atoms with Gasteiger partial charge in [-0.25, -0.2) is 13.8 Å². The Labute approximate surface area is 176 Å². The van der Waals surface area contributed by atoms with Gasteiger partial charge in [-0.2, -0.15) is 17.7 Å². The van der Waals surface area contributed by atoms with Crippen molar-refractivity contribution < 1.29 is 32.1 Å². The van der Waals surface area contributed by atoms with Gasteiger partial charge in [-0.1, -0.05) is 23.9 Å². The number of ether oxygens (including phenoxy) is 1. The average Bonchev–Trinajstić information content (AvgIpc) is 2.65. The summed E-state index contributed by atoms with van der Waals surface area (Å²) >= 11 is 0.950. The van der Waals surface area contributed by atoms with Crippen LogP contribution in [0.3, 0.4) is 0 Å². The summed E-state index contributed by atoms with van der Waals surface area (Å²) < 4.78 is 60.7. The molecule has 2 heterocycles.